The van der Waals surface area contributed by atoms with E-state index in [4.69, 9.17) is 46.3 Å². The van der Waals surface area contributed by atoms with Gasteiger partial charge in [-0.1, -0.05) is 40.2 Å². The largest absolute Gasteiger partial charge is 0.542 e. The van der Waals surface area contributed by atoms with E-state index < -0.39 is 174 Å². The molecule has 1 fully saturated rings. The van der Waals surface area contributed by atoms with E-state index in [2.05, 4.69) is 47.3 Å². The molecule has 18 N–H and O–H groups in total. The Morgan fingerprint density at radius 3 is 1.65 bits per heavy atom. The van der Waals surface area contributed by atoms with Gasteiger partial charge in [0.2, 0.25) is 35.9 Å². The van der Waals surface area contributed by atoms with Crippen molar-refractivity contribution in [3.8, 4) is 5.75 Å². The number of aromatic amines is 2. The molecule has 8 atom stereocenters. The molecule has 6 amide bonds. The standard InChI is InChI=1S/C42H61F3N12O11.3C2HF3O2/c1-5-21(4)33(38(65)54-29(15-23-18-49-19-51-23)39(66)57-13-7-9-30(57)40(67)68)56-36(63)28(14-22-10-11-24(58)16-25(22)42(43,44)45)53-37(64)32(20(2)3)55-35(62)27(8-6-12-50-41(47)48)52-34(61)26(46)17-31(59)60;3*3-2(4,5)1(6)7/h10-11,16,18-21,26-30,32-33,58H,5-9,12-15,17,46H2,1-4H3,(H,49,51)(H,52,61)(H,53,64)(H,54,65)(H,55,62)(H,56,63)(H,59,60)(H,67,68)(H4,47,48,50);3*(H,6,7)/t21-,26-,27-,28-,29-,30-,32-,33-;;;/m0.../s1. The number of likely N-dealkylation sites (tertiary alicyclic amines) is 1. The summed E-state index contributed by atoms with van der Waals surface area (Å²) >= 11 is 0. The maximum atomic E-state index is 14.4. The smallest absolute Gasteiger partial charge is 0.430 e. The van der Waals surface area contributed by atoms with Crippen molar-refractivity contribution in [3.05, 3.63) is 47.5 Å². The number of carboxylic acid groups (broad SMARTS) is 5. The van der Waals surface area contributed by atoms with E-state index in [9.17, 15) is 101 Å². The van der Waals surface area contributed by atoms with Crippen molar-refractivity contribution < 1.29 is 152 Å². The number of imidazole rings is 1. The molecule has 502 valence electrons. The minimum absolute atomic E-state index is 0.0939. The Hall–Kier alpha value is -9.21. The summed E-state index contributed by atoms with van der Waals surface area (Å²) in [6, 6.07) is -7.85. The molecule has 0 radical (unpaired) electrons. The highest BCUT2D eigenvalue weighted by Gasteiger charge is 2.42. The van der Waals surface area contributed by atoms with E-state index in [0.29, 0.717) is 18.2 Å². The fourth-order valence-electron chi connectivity index (χ4n) is 7.45. The molecule has 29 nitrogen and oxygen atoms in total. The van der Waals surface area contributed by atoms with Gasteiger partial charge in [0.25, 0.3) is 5.91 Å². The van der Waals surface area contributed by atoms with Crippen LogP contribution in [0.3, 0.4) is 0 Å². The number of H-pyrrole nitrogens is 2. The molecule has 0 bridgehead atoms. The van der Waals surface area contributed by atoms with E-state index in [1.807, 2.05) is 0 Å². The third-order valence-electron chi connectivity index (χ3n) is 12.1. The van der Waals surface area contributed by atoms with Crippen LogP contribution in [0.5, 0.6) is 5.75 Å². The van der Waals surface area contributed by atoms with E-state index in [1.165, 1.54) is 26.4 Å². The van der Waals surface area contributed by atoms with Gasteiger partial charge in [0.15, 0.2) is 6.04 Å². The number of nitrogens with one attached hydrogen (secondary N) is 8. The van der Waals surface area contributed by atoms with Gasteiger partial charge in [-0.25, -0.2) is 9.78 Å². The zero-order valence-electron chi connectivity index (χ0n) is 47.1. The Kier molecular flexibility index (Phi) is 31.9. The van der Waals surface area contributed by atoms with Crippen LogP contribution in [0, 0.1) is 11.8 Å². The second-order valence-electron chi connectivity index (χ2n) is 19.4. The van der Waals surface area contributed by atoms with Crippen molar-refractivity contribution in [1.82, 2.24) is 36.5 Å². The number of amides is 6. The molecule has 0 spiro atoms. The highest BCUT2D eigenvalue weighted by molar-refractivity contribution is 5.97. The summed E-state index contributed by atoms with van der Waals surface area (Å²) in [5.41, 5.74) is 13.0. The van der Waals surface area contributed by atoms with Crippen molar-refractivity contribution in [1.29, 1.82) is 0 Å². The highest BCUT2D eigenvalue weighted by atomic mass is 19.4. The van der Waals surface area contributed by atoms with Crippen LogP contribution >= 0.6 is 0 Å². The molecule has 41 heteroatoms. The first-order valence-electron chi connectivity index (χ1n) is 25.7. The second-order valence-corrected chi connectivity index (χ2v) is 19.4. The predicted molar refractivity (Wildman–Crippen MR) is 265 cm³/mol. The first-order chi connectivity index (χ1) is 40.7. The van der Waals surface area contributed by atoms with Gasteiger partial charge in [0.05, 0.1) is 12.1 Å². The average molecular weight is 1310 g/mol. The number of quaternary nitrogens is 1. The maximum absolute atomic E-state index is 14.4. The summed E-state index contributed by atoms with van der Waals surface area (Å²) < 4.78 is 138. The van der Waals surface area contributed by atoms with Gasteiger partial charge in [0, 0.05) is 19.4 Å². The number of rotatable bonds is 25. The lowest BCUT2D eigenvalue weighted by atomic mass is 9.95. The number of nitrogens with zero attached hydrogens (tertiary/aromatic N) is 1. The van der Waals surface area contributed by atoms with Crippen molar-refractivity contribution in [2.75, 3.05) is 13.1 Å². The predicted octanol–water partition coefficient (Wildman–Crippen LogP) is -6.34. The van der Waals surface area contributed by atoms with Crippen LogP contribution in [0.4, 0.5) is 52.7 Å². The number of benzene rings is 1. The molecule has 1 aromatic carbocycles. The van der Waals surface area contributed by atoms with Crippen molar-refractivity contribution in [2.45, 2.75) is 146 Å². The van der Waals surface area contributed by atoms with Crippen LogP contribution in [0.2, 0.25) is 0 Å². The van der Waals surface area contributed by atoms with Gasteiger partial charge in [-0.3, -0.25) is 55.0 Å². The molecule has 2 heterocycles. The first-order valence-corrected chi connectivity index (χ1v) is 25.7. The minimum atomic E-state index is -5.19. The second kappa shape index (κ2) is 35.6. The summed E-state index contributed by atoms with van der Waals surface area (Å²) in [6.45, 7) is 6.50. The van der Waals surface area contributed by atoms with Gasteiger partial charge in [0.1, 0.15) is 78.2 Å². The minimum Gasteiger partial charge on any atom is -0.542 e. The molecule has 0 unspecified atom stereocenters. The van der Waals surface area contributed by atoms with E-state index in [-0.39, 0.29) is 51.2 Å². The van der Waals surface area contributed by atoms with E-state index >= 15 is 0 Å². The molecule has 2 aromatic rings. The van der Waals surface area contributed by atoms with Crippen molar-refractivity contribution >= 4 is 71.2 Å². The number of aliphatic carboxylic acids is 5. The number of aromatic hydroxyl groups is 1. The molecular weight excluding hydrogens is 1240 g/mol. The van der Waals surface area contributed by atoms with Crippen molar-refractivity contribution in [2.24, 2.45) is 23.3 Å². The van der Waals surface area contributed by atoms with Gasteiger partial charge in [-0.15, -0.1) is 0 Å². The molecule has 0 saturated carbocycles. The zero-order chi connectivity index (χ0) is 69.3. The number of nitrogens with two attached hydrogens (primary N) is 2. The van der Waals surface area contributed by atoms with Crippen LogP contribution < -0.4 is 69.1 Å². The average Bonchev–Trinajstić information content (AvgIpc) is 2.63. The van der Waals surface area contributed by atoms with Gasteiger partial charge in [-0.2, -0.15) is 52.7 Å². The summed E-state index contributed by atoms with van der Waals surface area (Å²) in [6.07, 6.45) is -18.5. The number of aromatic nitrogens is 2. The molecule has 3 rings (SSSR count). The lowest BCUT2D eigenvalue weighted by molar-refractivity contribution is -0.459. The Morgan fingerprint density at radius 2 is 1.21 bits per heavy atom. The van der Waals surface area contributed by atoms with Gasteiger partial charge >= 0.3 is 42.6 Å². The first kappa shape index (κ1) is 79.8. The third-order valence-corrected chi connectivity index (χ3v) is 12.1. The van der Waals surface area contributed by atoms with Crippen LogP contribution in [0.25, 0.3) is 0 Å². The summed E-state index contributed by atoms with van der Waals surface area (Å²) in [5.74, 6) is -19.6. The van der Waals surface area contributed by atoms with Gasteiger partial charge < -0.3 is 82.2 Å². The number of guanidine groups is 1. The normalized spacial score (nSPS) is 15.5. The Morgan fingerprint density at radius 1 is 0.730 bits per heavy atom. The summed E-state index contributed by atoms with van der Waals surface area (Å²) in [5, 5.41) is 67.8. The molecule has 1 aliphatic rings. The van der Waals surface area contributed by atoms with E-state index in [1.54, 1.807) is 13.8 Å². The number of hydrogen-bond donors (Lipinski definition) is 13. The topological polar surface area (TPSA) is 505 Å². The maximum Gasteiger partial charge on any atom is 0.430 e. The lowest BCUT2D eigenvalue weighted by Crippen LogP contribution is -2.78. The fraction of sp³-hybridized carbons (Fsp3) is 0.562. The number of hydrogen-bond acceptors (Lipinski definition) is 15. The van der Waals surface area contributed by atoms with Gasteiger partial charge in [-0.05, 0) is 55.2 Å². The number of phenolic OH excluding ortho intramolecular Hbond substituents is 1. The number of carbonyl (C=O) groups is 11. The molecule has 1 saturated heterocycles. The molecule has 1 aliphatic heterocycles. The van der Waals surface area contributed by atoms with E-state index in [0.717, 1.165) is 17.0 Å². The number of carbonyl (C=O) groups excluding carboxylic acids is 9. The molecule has 89 heavy (non-hydrogen) atoms. The number of carboxylic acids is 5. The number of phenols is 1. The highest BCUT2D eigenvalue weighted by Crippen LogP contribution is 2.35. The third kappa shape index (κ3) is 29.4. The molecular formula is C48H64F12N12O17. The summed E-state index contributed by atoms with van der Waals surface area (Å²) in [7, 11) is 0. The quantitative estimate of drug-likeness (QED) is 0.0190. The molecule has 0 aliphatic carbocycles. The van der Waals surface area contributed by atoms with Crippen LogP contribution in [-0.4, -0.2) is 170 Å². The Balaban J connectivity index is 0.00000313. The summed E-state index contributed by atoms with van der Waals surface area (Å²) in [4.78, 5) is 143. The van der Waals surface area contributed by atoms with Crippen molar-refractivity contribution in [3.63, 3.8) is 0 Å². The molecule has 1 aromatic heterocycles. The number of halogens is 12. The zero-order valence-corrected chi connectivity index (χ0v) is 47.1. The van der Waals surface area contributed by atoms with Crippen LogP contribution in [0.1, 0.15) is 83.0 Å². The van der Waals surface area contributed by atoms with Crippen LogP contribution in [-0.2, 0) is 71.8 Å². The van der Waals surface area contributed by atoms with Crippen LogP contribution in [0.15, 0.2) is 30.7 Å². The number of alkyl halides is 12. The SMILES string of the molecule is CC[C@H](C)[C@H](NC(=O)[C@H](Cc1ccc(O)cc1C(F)(F)F)NC(=O)[C@@H](NC(=O)[C@H](CCC[NH+]=C(N)N)NC(=O)[C@@H]([NH3+])CC(=O)O)C(C)C)C(=O)N[C@@H](Cc1c[nH+]c[nH]1)C(=O)N1CCC[C@H]1C(=O)O.O=C([O-])C(F)(F)F.O=C([O-])C(F)(F)F.O=C([O-])C(F)(F)F. The monoisotopic (exact) mass is 1310 g/mol. The fourth-order valence-corrected chi connectivity index (χ4v) is 7.45. The Labute approximate surface area is 494 Å². The lowest BCUT2D eigenvalue weighted by Gasteiger charge is -2.31. The Bertz CT molecular complexity index is 2720.